The Labute approximate surface area is 161 Å². The number of aromatic hydroxyl groups is 2. The molecular formula is C21H21NO6. The summed E-state index contributed by atoms with van der Waals surface area (Å²) in [5.41, 5.74) is 6.44. The van der Waals surface area contributed by atoms with E-state index in [1.165, 1.54) is 24.3 Å². The van der Waals surface area contributed by atoms with Crippen molar-refractivity contribution < 1.29 is 29.6 Å². The maximum atomic E-state index is 12.8. The fraction of sp³-hybridized carbons (Fsp3) is 0.333. The molecular weight excluding hydrogens is 362 g/mol. The van der Waals surface area contributed by atoms with Crippen molar-refractivity contribution in [1.82, 2.24) is 0 Å². The van der Waals surface area contributed by atoms with Crippen molar-refractivity contribution in [1.29, 1.82) is 0 Å². The van der Waals surface area contributed by atoms with Crippen molar-refractivity contribution in [2.24, 2.45) is 5.73 Å². The summed E-state index contributed by atoms with van der Waals surface area (Å²) in [5, 5.41) is 30.1. The Hall–Kier alpha value is -2.74. The molecule has 0 unspecified atom stereocenters. The summed E-state index contributed by atoms with van der Waals surface area (Å²) in [5.74, 6) is -1.62. The normalized spacial score (nSPS) is 24.0. The molecule has 0 aliphatic heterocycles. The van der Waals surface area contributed by atoms with E-state index < -0.39 is 17.7 Å². The third-order valence-electron chi connectivity index (χ3n) is 5.46. The highest BCUT2D eigenvalue weighted by molar-refractivity contribution is 6.30. The summed E-state index contributed by atoms with van der Waals surface area (Å²) < 4.78 is 5.85. The van der Waals surface area contributed by atoms with Crippen LogP contribution in [0.5, 0.6) is 11.5 Å². The lowest BCUT2D eigenvalue weighted by Gasteiger charge is -2.30. The Kier molecular flexibility index (Phi) is 4.66. The molecule has 2 aromatic rings. The molecule has 2 aromatic carbocycles. The first kappa shape index (κ1) is 18.6. The van der Waals surface area contributed by atoms with Crippen molar-refractivity contribution in [3.63, 3.8) is 0 Å². The van der Waals surface area contributed by atoms with Gasteiger partial charge >= 0.3 is 0 Å². The second-order valence-corrected chi connectivity index (χ2v) is 7.37. The zero-order valence-corrected chi connectivity index (χ0v) is 15.1. The van der Waals surface area contributed by atoms with Crippen LogP contribution in [-0.2, 0) is 11.3 Å². The SMILES string of the molecule is N[C@@H]1C[C@@H](OCc2cc(O)c3c(c2)C(=O)c2cccc(O)c2C3=O)CC[C@@H]1O. The molecule has 2 aliphatic rings. The van der Waals surface area contributed by atoms with Gasteiger partial charge in [0.2, 0.25) is 5.78 Å². The molecule has 0 amide bonds. The van der Waals surface area contributed by atoms with Gasteiger partial charge < -0.3 is 25.8 Å². The van der Waals surface area contributed by atoms with Gasteiger partial charge in [-0.15, -0.1) is 0 Å². The molecule has 0 heterocycles. The molecule has 1 saturated carbocycles. The van der Waals surface area contributed by atoms with Gasteiger partial charge in [-0.05, 0) is 43.0 Å². The van der Waals surface area contributed by atoms with Crippen molar-refractivity contribution in [2.75, 3.05) is 0 Å². The average molecular weight is 383 g/mol. The van der Waals surface area contributed by atoms with E-state index in [2.05, 4.69) is 0 Å². The summed E-state index contributed by atoms with van der Waals surface area (Å²) in [4.78, 5) is 25.6. The molecule has 146 valence electrons. The summed E-state index contributed by atoms with van der Waals surface area (Å²) in [6.07, 6.45) is 1.13. The predicted molar refractivity (Wildman–Crippen MR) is 99.5 cm³/mol. The van der Waals surface area contributed by atoms with Crippen molar-refractivity contribution in [3.05, 3.63) is 58.1 Å². The van der Waals surface area contributed by atoms with Gasteiger partial charge in [-0.1, -0.05) is 12.1 Å². The number of rotatable bonds is 3. The summed E-state index contributed by atoms with van der Waals surface area (Å²) in [7, 11) is 0. The summed E-state index contributed by atoms with van der Waals surface area (Å²) in [6.45, 7) is 0.142. The van der Waals surface area contributed by atoms with E-state index in [9.17, 15) is 24.9 Å². The minimum Gasteiger partial charge on any atom is -0.507 e. The van der Waals surface area contributed by atoms with Crippen molar-refractivity contribution in [3.8, 4) is 11.5 Å². The van der Waals surface area contributed by atoms with Crippen molar-refractivity contribution >= 4 is 11.6 Å². The van der Waals surface area contributed by atoms with Crippen LogP contribution in [0.1, 0.15) is 56.7 Å². The minimum atomic E-state index is -0.583. The first-order valence-corrected chi connectivity index (χ1v) is 9.19. The van der Waals surface area contributed by atoms with E-state index >= 15 is 0 Å². The Bertz CT molecular complexity index is 970. The maximum Gasteiger partial charge on any atom is 0.201 e. The van der Waals surface area contributed by atoms with Crippen LogP contribution in [0.25, 0.3) is 0 Å². The van der Waals surface area contributed by atoms with Gasteiger partial charge in [-0.25, -0.2) is 0 Å². The lowest BCUT2D eigenvalue weighted by molar-refractivity contribution is -0.0209. The highest BCUT2D eigenvalue weighted by Crippen LogP contribution is 2.37. The van der Waals surface area contributed by atoms with E-state index in [1.807, 2.05) is 0 Å². The molecule has 7 heteroatoms. The highest BCUT2D eigenvalue weighted by Gasteiger charge is 2.34. The van der Waals surface area contributed by atoms with Crippen LogP contribution in [0.15, 0.2) is 30.3 Å². The fourth-order valence-electron chi connectivity index (χ4n) is 3.94. The van der Waals surface area contributed by atoms with Crippen LogP contribution in [0.2, 0.25) is 0 Å². The molecule has 4 rings (SSSR count). The van der Waals surface area contributed by atoms with Gasteiger partial charge in [0.15, 0.2) is 5.78 Å². The van der Waals surface area contributed by atoms with Crippen LogP contribution in [0, 0.1) is 0 Å². The Morgan fingerprint density at radius 1 is 1.00 bits per heavy atom. The number of phenols is 2. The van der Waals surface area contributed by atoms with E-state index in [4.69, 9.17) is 10.5 Å². The van der Waals surface area contributed by atoms with Crippen molar-refractivity contribution in [2.45, 2.75) is 44.1 Å². The number of aliphatic hydroxyl groups excluding tert-OH is 1. The van der Waals surface area contributed by atoms with Gasteiger partial charge in [0.25, 0.3) is 0 Å². The zero-order chi connectivity index (χ0) is 20.0. The van der Waals surface area contributed by atoms with E-state index in [-0.39, 0.29) is 52.5 Å². The number of hydrogen-bond donors (Lipinski definition) is 4. The van der Waals surface area contributed by atoms with Crippen LogP contribution in [0.4, 0.5) is 0 Å². The number of carbonyl (C=O) groups is 2. The number of carbonyl (C=O) groups excluding carboxylic acids is 2. The molecule has 0 bridgehead atoms. The van der Waals surface area contributed by atoms with Gasteiger partial charge in [-0.3, -0.25) is 9.59 Å². The lowest BCUT2D eigenvalue weighted by Crippen LogP contribution is -2.42. The standard InChI is InChI=1S/C21H21NO6/c22-14-8-11(4-5-15(14)23)28-9-10-6-13-19(17(25)7-10)21(27)18-12(20(13)26)2-1-3-16(18)24/h1-3,6-7,11,14-15,23-25H,4-5,8-9,22H2/t11-,14+,15-/m0/s1. The summed E-state index contributed by atoms with van der Waals surface area (Å²) in [6, 6.07) is 6.91. The maximum absolute atomic E-state index is 12.8. The third-order valence-corrected chi connectivity index (χ3v) is 5.46. The zero-order valence-electron chi connectivity index (χ0n) is 15.1. The first-order valence-electron chi connectivity index (χ1n) is 9.19. The number of benzene rings is 2. The first-order chi connectivity index (χ1) is 13.4. The number of fused-ring (bicyclic) bond motifs is 2. The molecule has 0 spiro atoms. The number of phenolic OH excluding ortho intramolecular Hbond substituents is 2. The number of ketones is 2. The van der Waals surface area contributed by atoms with Gasteiger partial charge in [0, 0.05) is 17.2 Å². The van der Waals surface area contributed by atoms with Crippen LogP contribution in [0.3, 0.4) is 0 Å². The number of nitrogens with two attached hydrogens (primary N) is 1. The van der Waals surface area contributed by atoms with Gasteiger partial charge in [0.05, 0.1) is 29.9 Å². The Morgan fingerprint density at radius 3 is 2.50 bits per heavy atom. The second kappa shape index (κ2) is 7.01. The van der Waals surface area contributed by atoms with E-state index in [0.29, 0.717) is 24.8 Å². The summed E-state index contributed by atoms with van der Waals surface area (Å²) >= 11 is 0. The average Bonchev–Trinajstić information content (AvgIpc) is 2.66. The van der Waals surface area contributed by atoms with Gasteiger partial charge in [-0.2, -0.15) is 0 Å². The third kappa shape index (κ3) is 3.07. The minimum absolute atomic E-state index is 0.0888. The fourth-order valence-corrected chi connectivity index (χ4v) is 3.94. The molecule has 5 N–H and O–H groups in total. The highest BCUT2D eigenvalue weighted by atomic mass is 16.5. The molecule has 7 nitrogen and oxygen atoms in total. The van der Waals surface area contributed by atoms with Gasteiger partial charge in [0.1, 0.15) is 11.5 Å². The largest absolute Gasteiger partial charge is 0.507 e. The number of ether oxygens (including phenoxy) is 1. The van der Waals surface area contributed by atoms with E-state index in [0.717, 1.165) is 0 Å². The molecule has 2 aliphatic carbocycles. The smallest absolute Gasteiger partial charge is 0.201 e. The molecule has 3 atom stereocenters. The lowest BCUT2D eigenvalue weighted by atomic mass is 9.82. The van der Waals surface area contributed by atoms with E-state index in [1.54, 1.807) is 6.07 Å². The number of hydrogen-bond acceptors (Lipinski definition) is 7. The molecule has 0 radical (unpaired) electrons. The molecule has 1 fully saturated rings. The molecule has 0 aromatic heterocycles. The second-order valence-electron chi connectivity index (χ2n) is 7.37. The topological polar surface area (TPSA) is 130 Å². The molecule has 0 saturated heterocycles. The van der Waals surface area contributed by atoms with Crippen LogP contribution >= 0.6 is 0 Å². The molecule has 28 heavy (non-hydrogen) atoms. The Balaban J connectivity index is 1.60. The monoisotopic (exact) mass is 383 g/mol. The quantitative estimate of drug-likeness (QED) is 0.541. The number of aliphatic hydroxyl groups is 1. The predicted octanol–water partition coefficient (Wildman–Crippen LogP) is 1.63. The van der Waals surface area contributed by atoms with Crippen LogP contribution < -0.4 is 5.73 Å². The van der Waals surface area contributed by atoms with Crippen LogP contribution in [-0.4, -0.2) is 45.1 Å². The Morgan fingerprint density at radius 2 is 1.75 bits per heavy atom.